The number of nitrogen functional groups attached to an aromatic ring is 1. The number of rotatable bonds is 5. The Bertz CT molecular complexity index is 781. The van der Waals surface area contributed by atoms with Crippen LogP contribution in [0.5, 0.6) is 0 Å². The van der Waals surface area contributed by atoms with Crippen LogP contribution in [0.1, 0.15) is 19.8 Å². The first-order valence-electron chi connectivity index (χ1n) is 6.25. The molecule has 0 radical (unpaired) electrons. The Morgan fingerprint density at radius 1 is 1.30 bits per heavy atom. The molecule has 0 atom stereocenters. The molecule has 6 nitrogen and oxygen atoms in total. The molecule has 20 heavy (non-hydrogen) atoms. The molecule has 0 aliphatic heterocycles. The molecule has 0 saturated carbocycles. The van der Waals surface area contributed by atoms with Crippen molar-refractivity contribution >= 4 is 26.5 Å². The summed E-state index contributed by atoms with van der Waals surface area (Å²) in [5.74, 6) is 5.21. The molecule has 0 saturated heterocycles. The van der Waals surface area contributed by atoms with Crippen LogP contribution < -0.4 is 16.9 Å². The Hall–Kier alpha value is -1.86. The molecule has 0 aliphatic rings. The lowest BCUT2D eigenvalue weighted by Gasteiger charge is -2.05. The van der Waals surface area contributed by atoms with E-state index in [1.165, 1.54) is 6.07 Å². The number of hydrazine groups is 1. The Morgan fingerprint density at radius 3 is 2.70 bits per heavy atom. The van der Waals surface area contributed by atoms with Gasteiger partial charge in [0.1, 0.15) is 5.58 Å². The molecule has 0 fully saturated rings. The van der Waals surface area contributed by atoms with E-state index in [-0.39, 0.29) is 10.6 Å². The molecular formula is C13H16N2O4S. The molecule has 3 N–H and O–H groups in total. The van der Waals surface area contributed by atoms with E-state index in [9.17, 15) is 13.2 Å². The summed E-state index contributed by atoms with van der Waals surface area (Å²) >= 11 is 0. The van der Waals surface area contributed by atoms with E-state index < -0.39 is 15.5 Å². The zero-order chi connectivity index (χ0) is 14.8. The van der Waals surface area contributed by atoms with Gasteiger partial charge in [0, 0.05) is 11.5 Å². The SMILES string of the molecule is CCCCS(=O)(=O)c1cc2ccc(NN)cc2oc1=O. The van der Waals surface area contributed by atoms with E-state index in [1.54, 1.807) is 18.2 Å². The Balaban J connectivity index is 2.56. The molecule has 0 spiro atoms. The fraction of sp³-hybridized carbons (Fsp3) is 0.308. The highest BCUT2D eigenvalue weighted by molar-refractivity contribution is 7.91. The van der Waals surface area contributed by atoms with Gasteiger partial charge in [-0.25, -0.2) is 13.2 Å². The molecule has 0 unspecified atom stereocenters. The average Bonchev–Trinajstić information content (AvgIpc) is 2.43. The number of unbranched alkanes of at least 4 members (excludes halogenated alkanes) is 1. The van der Waals surface area contributed by atoms with Gasteiger partial charge in [-0.1, -0.05) is 13.3 Å². The topological polar surface area (TPSA) is 102 Å². The number of hydrogen-bond donors (Lipinski definition) is 2. The zero-order valence-corrected chi connectivity index (χ0v) is 11.9. The van der Waals surface area contributed by atoms with Gasteiger partial charge in [0.2, 0.25) is 0 Å². The molecule has 108 valence electrons. The number of benzene rings is 1. The number of nitrogens with two attached hydrogens (primary N) is 1. The van der Waals surface area contributed by atoms with Crippen molar-refractivity contribution in [3.63, 3.8) is 0 Å². The van der Waals surface area contributed by atoms with Gasteiger partial charge in [-0.05, 0) is 24.6 Å². The van der Waals surface area contributed by atoms with Crippen molar-refractivity contribution in [1.29, 1.82) is 0 Å². The summed E-state index contributed by atoms with van der Waals surface area (Å²) < 4.78 is 29.2. The lowest BCUT2D eigenvalue weighted by molar-refractivity contribution is 0.532. The summed E-state index contributed by atoms with van der Waals surface area (Å²) in [6, 6.07) is 6.21. The summed E-state index contributed by atoms with van der Waals surface area (Å²) in [6.07, 6.45) is 1.25. The fourth-order valence-electron chi connectivity index (χ4n) is 1.84. The second-order valence-electron chi connectivity index (χ2n) is 4.47. The van der Waals surface area contributed by atoms with Crippen LogP contribution in [0.3, 0.4) is 0 Å². The summed E-state index contributed by atoms with van der Waals surface area (Å²) in [5, 5.41) is 0.540. The largest absolute Gasteiger partial charge is 0.422 e. The summed E-state index contributed by atoms with van der Waals surface area (Å²) in [6.45, 7) is 1.89. The average molecular weight is 296 g/mol. The molecule has 0 amide bonds. The lowest BCUT2D eigenvalue weighted by atomic mass is 10.2. The Morgan fingerprint density at radius 2 is 2.05 bits per heavy atom. The van der Waals surface area contributed by atoms with E-state index >= 15 is 0 Å². The van der Waals surface area contributed by atoms with Crippen LogP contribution in [-0.2, 0) is 9.84 Å². The van der Waals surface area contributed by atoms with Crippen molar-refractivity contribution in [2.45, 2.75) is 24.7 Å². The van der Waals surface area contributed by atoms with Gasteiger partial charge in [0.05, 0.1) is 11.4 Å². The smallest absolute Gasteiger partial charge is 0.355 e. The maximum Gasteiger partial charge on any atom is 0.355 e. The minimum atomic E-state index is -3.61. The highest BCUT2D eigenvalue weighted by Gasteiger charge is 2.20. The van der Waals surface area contributed by atoms with Crippen molar-refractivity contribution < 1.29 is 12.8 Å². The van der Waals surface area contributed by atoms with E-state index in [4.69, 9.17) is 10.3 Å². The minimum Gasteiger partial charge on any atom is -0.422 e. The maximum absolute atomic E-state index is 12.1. The lowest BCUT2D eigenvalue weighted by Crippen LogP contribution is -2.17. The fourth-order valence-corrected chi connectivity index (χ4v) is 3.33. The molecule has 1 aromatic heterocycles. The van der Waals surface area contributed by atoms with Crippen LogP contribution in [0.15, 0.2) is 38.4 Å². The monoisotopic (exact) mass is 296 g/mol. The second-order valence-corrected chi connectivity index (χ2v) is 6.55. The maximum atomic E-state index is 12.1. The Kier molecular flexibility index (Phi) is 4.10. The van der Waals surface area contributed by atoms with Gasteiger partial charge in [-0.2, -0.15) is 0 Å². The van der Waals surface area contributed by atoms with E-state index in [0.717, 1.165) is 6.42 Å². The number of fused-ring (bicyclic) bond motifs is 1. The number of nitrogens with one attached hydrogen (secondary N) is 1. The highest BCUT2D eigenvalue weighted by atomic mass is 32.2. The Labute approximate surface area is 116 Å². The zero-order valence-electron chi connectivity index (χ0n) is 11.0. The third kappa shape index (κ3) is 2.83. The predicted octanol–water partition coefficient (Wildman–Crippen LogP) is 1.65. The molecule has 2 aromatic rings. The number of hydrogen-bond acceptors (Lipinski definition) is 6. The van der Waals surface area contributed by atoms with Gasteiger partial charge in [0.25, 0.3) is 0 Å². The normalized spacial score (nSPS) is 11.7. The van der Waals surface area contributed by atoms with Crippen LogP contribution in [0, 0.1) is 0 Å². The van der Waals surface area contributed by atoms with Gasteiger partial charge in [0.15, 0.2) is 14.7 Å². The van der Waals surface area contributed by atoms with Crippen molar-refractivity contribution in [2.75, 3.05) is 11.2 Å². The minimum absolute atomic E-state index is 0.0534. The van der Waals surface area contributed by atoms with Crippen molar-refractivity contribution in [2.24, 2.45) is 5.84 Å². The number of sulfone groups is 1. The molecule has 7 heteroatoms. The first kappa shape index (κ1) is 14.5. The van der Waals surface area contributed by atoms with Crippen molar-refractivity contribution in [1.82, 2.24) is 0 Å². The molecule has 2 rings (SSSR count). The molecule has 1 aromatic carbocycles. The number of anilines is 1. The van der Waals surface area contributed by atoms with E-state index in [2.05, 4.69) is 5.43 Å². The summed E-state index contributed by atoms with van der Waals surface area (Å²) in [4.78, 5) is 11.6. The standard InChI is InChI=1S/C13H16N2O4S/c1-2-3-6-20(17,18)12-7-9-4-5-10(15-14)8-11(9)19-13(12)16/h4-5,7-8,15H,2-3,6,14H2,1H3. The van der Waals surface area contributed by atoms with Crippen molar-refractivity contribution in [3.05, 3.63) is 34.7 Å². The van der Waals surface area contributed by atoms with E-state index in [0.29, 0.717) is 23.1 Å². The van der Waals surface area contributed by atoms with Crippen LogP contribution in [-0.4, -0.2) is 14.2 Å². The molecule has 1 heterocycles. The van der Waals surface area contributed by atoms with Crippen LogP contribution in [0.25, 0.3) is 11.0 Å². The third-order valence-corrected chi connectivity index (χ3v) is 4.75. The highest BCUT2D eigenvalue weighted by Crippen LogP contribution is 2.20. The van der Waals surface area contributed by atoms with Crippen LogP contribution in [0.2, 0.25) is 0 Å². The first-order chi connectivity index (χ1) is 9.47. The van der Waals surface area contributed by atoms with Crippen LogP contribution in [0.4, 0.5) is 5.69 Å². The van der Waals surface area contributed by atoms with E-state index in [1.807, 2.05) is 6.92 Å². The van der Waals surface area contributed by atoms with Gasteiger partial charge in [-0.3, -0.25) is 5.84 Å². The van der Waals surface area contributed by atoms with Gasteiger partial charge >= 0.3 is 5.63 Å². The van der Waals surface area contributed by atoms with Gasteiger partial charge < -0.3 is 9.84 Å². The quantitative estimate of drug-likeness (QED) is 0.494. The molecule has 0 aliphatic carbocycles. The van der Waals surface area contributed by atoms with Crippen molar-refractivity contribution in [3.8, 4) is 0 Å². The summed E-state index contributed by atoms with van der Waals surface area (Å²) in [5.41, 5.74) is 2.45. The van der Waals surface area contributed by atoms with Crippen LogP contribution >= 0.6 is 0 Å². The molecular weight excluding hydrogens is 280 g/mol. The second kappa shape index (κ2) is 5.64. The van der Waals surface area contributed by atoms with Gasteiger partial charge in [-0.15, -0.1) is 0 Å². The predicted molar refractivity (Wildman–Crippen MR) is 77.3 cm³/mol. The first-order valence-corrected chi connectivity index (χ1v) is 7.90. The molecule has 0 bridgehead atoms. The third-order valence-electron chi connectivity index (χ3n) is 2.97. The summed E-state index contributed by atoms with van der Waals surface area (Å²) in [7, 11) is -3.61.